The van der Waals surface area contributed by atoms with Crippen molar-refractivity contribution < 1.29 is 4.79 Å². The topological polar surface area (TPSA) is 55.1 Å². The molecule has 3 N–H and O–H groups in total. The van der Waals surface area contributed by atoms with Crippen LogP contribution in [0.15, 0.2) is 41.8 Å². The average Bonchev–Trinajstić information content (AvgIpc) is 3.10. The van der Waals surface area contributed by atoms with Crippen LogP contribution in [0.1, 0.15) is 19.3 Å². The Morgan fingerprint density at radius 2 is 2.00 bits per heavy atom. The maximum absolute atomic E-state index is 12.3. The predicted octanol–water partition coefficient (Wildman–Crippen LogP) is 3.90. The van der Waals surface area contributed by atoms with Crippen molar-refractivity contribution in [1.82, 2.24) is 0 Å². The minimum atomic E-state index is 0. The van der Waals surface area contributed by atoms with Crippen molar-refractivity contribution in [1.29, 1.82) is 0 Å². The van der Waals surface area contributed by atoms with Gasteiger partial charge in [0, 0.05) is 28.1 Å². The van der Waals surface area contributed by atoms with E-state index >= 15 is 0 Å². The van der Waals surface area contributed by atoms with Gasteiger partial charge < -0.3 is 11.1 Å². The molecule has 0 saturated heterocycles. The van der Waals surface area contributed by atoms with E-state index in [1.807, 2.05) is 35.7 Å². The van der Waals surface area contributed by atoms with Gasteiger partial charge in [-0.2, -0.15) is 0 Å². The molecule has 0 radical (unpaired) electrons. The highest BCUT2D eigenvalue weighted by molar-refractivity contribution is 7.13. The molecule has 3 nitrogen and oxygen atoms in total. The number of halogens is 1. The number of hydrogen-bond acceptors (Lipinski definition) is 3. The quantitative estimate of drug-likeness (QED) is 0.900. The molecule has 2 unspecified atom stereocenters. The molecule has 0 bridgehead atoms. The first-order valence-corrected chi connectivity index (χ1v) is 7.81. The highest BCUT2D eigenvalue weighted by Gasteiger charge is 2.28. The van der Waals surface area contributed by atoms with Gasteiger partial charge in [0.05, 0.1) is 0 Å². The van der Waals surface area contributed by atoms with Gasteiger partial charge >= 0.3 is 0 Å². The van der Waals surface area contributed by atoms with E-state index in [9.17, 15) is 4.79 Å². The van der Waals surface area contributed by atoms with Gasteiger partial charge in [-0.05, 0) is 36.8 Å². The molecule has 2 atom stereocenters. The molecule has 1 saturated carbocycles. The van der Waals surface area contributed by atoms with E-state index in [1.165, 1.54) is 4.88 Å². The molecule has 1 heterocycles. The molecule has 112 valence electrons. The van der Waals surface area contributed by atoms with E-state index in [2.05, 4.69) is 11.4 Å². The average molecular weight is 323 g/mol. The maximum Gasteiger partial charge on any atom is 0.227 e. The summed E-state index contributed by atoms with van der Waals surface area (Å²) < 4.78 is 0. The van der Waals surface area contributed by atoms with Gasteiger partial charge in [0.15, 0.2) is 0 Å². The zero-order valence-corrected chi connectivity index (χ0v) is 13.3. The lowest BCUT2D eigenvalue weighted by atomic mass is 10.1. The van der Waals surface area contributed by atoms with Crippen LogP contribution in [0, 0.1) is 5.92 Å². The predicted molar refractivity (Wildman–Crippen MR) is 90.9 cm³/mol. The van der Waals surface area contributed by atoms with Gasteiger partial charge in [0.2, 0.25) is 5.91 Å². The van der Waals surface area contributed by atoms with Crippen LogP contribution in [0.5, 0.6) is 0 Å². The van der Waals surface area contributed by atoms with Crippen molar-refractivity contribution in [2.24, 2.45) is 11.7 Å². The van der Waals surface area contributed by atoms with Gasteiger partial charge in [-0.15, -0.1) is 23.7 Å². The van der Waals surface area contributed by atoms with Crippen molar-refractivity contribution in [3.63, 3.8) is 0 Å². The fourth-order valence-corrected chi connectivity index (χ4v) is 3.49. The minimum absolute atomic E-state index is 0. The van der Waals surface area contributed by atoms with E-state index in [0.717, 1.165) is 30.5 Å². The summed E-state index contributed by atoms with van der Waals surface area (Å²) in [6, 6.07) is 12.2. The smallest absolute Gasteiger partial charge is 0.227 e. The van der Waals surface area contributed by atoms with Crippen LogP contribution in [0.4, 0.5) is 5.69 Å². The van der Waals surface area contributed by atoms with Crippen LogP contribution in [0.2, 0.25) is 0 Å². The van der Waals surface area contributed by atoms with Gasteiger partial charge in [0.25, 0.3) is 0 Å². The molecular formula is C16H19ClN2OS. The summed E-state index contributed by atoms with van der Waals surface area (Å²) in [5.41, 5.74) is 7.86. The fraction of sp³-hybridized carbons (Fsp3) is 0.312. The van der Waals surface area contributed by atoms with Crippen LogP contribution in [-0.4, -0.2) is 11.9 Å². The number of nitrogens with two attached hydrogens (primary N) is 1. The zero-order chi connectivity index (χ0) is 13.9. The lowest BCUT2D eigenvalue weighted by molar-refractivity contribution is -0.119. The van der Waals surface area contributed by atoms with E-state index in [4.69, 9.17) is 5.73 Å². The van der Waals surface area contributed by atoms with Crippen molar-refractivity contribution in [3.8, 4) is 10.4 Å². The monoisotopic (exact) mass is 322 g/mol. The third kappa shape index (κ3) is 3.64. The Balaban J connectivity index is 0.00000161. The standard InChI is InChI=1S/C16H18N2OS.ClH/c17-12-8-7-11(10-12)16(19)18-14-5-2-1-4-13(14)15-6-3-9-20-15;/h1-6,9,11-12H,7-8,10,17H2,(H,18,19);1H. The molecule has 1 aliphatic rings. The van der Waals surface area contributed by atoms with Gasteiger partial charge in [-0.3, -0.25) is 4.79 Å². The molecule has 1 amide bonds. The number of anilines is 1. The third-order valence-corrected chi connectivity index (χ3v) is 4.72. The van der Waals surface area contributed by atoms with Gasteiger partial charge in [-0.1, -0.05) is 24.3 Å². The summed E-state index contributed by atoms with van der Waals surface area (Å²) in [6.45, 7) is 0. The number of amides is 1. The molecule has 1 aliphatic carbocycles. The minimum Gasteiger partial charge on any atom is -0.328 e. The molecule has 1 aromatic heterocycles. The van der Waals surface area contributed by atoms with Gasteiger partial charge in [-0.25, -0.2) is 0 Å². The van der Waals surface area contributed by atoms with E-state index < -0.39 is 0 Å². The molecule has 3 rings (SSSR count). The number of thiophene rings is 1. The number of hydrogen-bond donors (Lipinski definition) is 2. The number of para-hydroxylation sites is 1. The number of carbonyl (C=O) groups is 1. The maximum atomic E-state index is 12.3. The lowest BCUT2D eigenvalue weighted by Gasteiger charge is -2.13. The Hall–Kier alpha value is -1.36. The fourth-order valence-electron chi connectivity index (χ4n) is 2.73. The Kier molecular flexibility index (Phi) is 5.39. The first kappa shape index (κ1) is 16.0. The molecule has 2 aromatic rings. The lowest BCUT2D eigenvalue weighted by Crippen LogP contribution is -2.23. The Bertz CT molecular complexity index is 600. The Morgan fingerprint density at radius 3 is 2.67 bits per heavy atom. The summed E-state index contributed by atoms with van der Waals surface area (Å²) in [4.78, 5) is 13.5. The van der Waals surface area contributed by atoms with Crippen molar-refractivity contribution in [2.75, 3.05) is 5.32 Å². The van der Waals surface area contributed by atoms with E-state index in [-0.39, 0.29) is 30.3 Å². The van der Waals surface area contributed by atoms with Crippen molar-refractivity contribution in [3.05, 3.63) is 41.8 Å². The second-order valence-corrected chi connectivity index (χ2v) is 6.23. The normalized spacial score (nSPS) is 20.8. The number of carbonyl (C=O) groups excluding carboxylic acids is 1. The van der Waals surface area contributed by atoms with Gasteiger partial charge in [0.1, 0.15) is 0 Å². The van der Waals surface area contributed by atoms with Crippen molar-refractivity contribution >= 4 is 35.3 Å². The summed E-state index contributed by atoms with van der Waals surface area (Å²) in [6.07, 6.45) is 2.64. The molecular weight excluding hydrogens is 304 g/mol. The highest BCUT2D eigenvalue weighted by Crippen LogP contribution is 2.32. The molecule has 1 fully saturated rings. The number of nitrogens with one attached hydrogen (secondary N) is 1. The van der Waals surface area contributed by atoms with Crippen LogP contribution in [0.25, 0.3) is 10.4 Å². The highest BCUT2D eigenvalue weighted by atomic mass is 35.5. The largest absolute Gasteiger partial charge is 0.328 e. The third-order valence-electron chi connectivity index (χ3n) is 3.82. The van der Waals surface area contributed by atoms with Crippen molar-refractivity contribution in [2.45, 2.75) is 25.3 Å². The Labute approximate surface area is 135 Å². The molecule has 1 aromatic carbocycles. The van der Waals surface area contributed by atoms with Crippen LogP contribution in [-0.2, 0) is 4.79 Å². The van der Waals surface area contributed by atoms with E-state index in [1.54, 1.807) is 11.3 Å². The molecule has 0 spiro atoms. The first-order chi connectivity index (χ1) is 9.74. The first-order valence-electron chi connectivity index (χ1n) is 6.93. The second-order valence-electron chi connectivity index (χ2n) is 5.28. The summed E-state index contributed by atoms with van der Waals surface area (Å²) >= 11 is 1.68. The zero-order valence-electron chi connectivity index (χ0n) is 11.6. The summed E-state index contributed by atoms with van der Waals surface area (Å²) in [5, 5.41) is 5.12. The van der Waals surface area contributed by atoms with Crippen LogP contribution in [0.3, 0.4) is 0 Å². The molecule has 5 heteroatoms. The second kappa shape index (κ2) is 7.07. The summed E-state index contributed by atoms with van der Waals surface area (Å²) in [7, 11) is 0. The summed E-state index contributed by atoms with van der Waals surface area (Å²) in [5.74, 6) is 0.156. The van der Waals surface area contributed by atoms with Crippen LogP contribution >= 0.6 is 23.7 Å². The van der Waals surface area contributed by atoms with E-state index in [0.29, 0.717) is 0 Å². The SMILES string of the molecule is Cl.NC1CCC(C(=O)Nc2ccccc2-c2cccs2)C1. The molecule has 21 heavy (non-hydrogen) atoms. The molecule has 0 aliphatic heterocycles. The number of rotatable bonds is 3. The number of benzene rings is 1. The van der Waals surface area contributed by atoms with Crippen LogP contribution < -0.4 is 11.1 Å². The Morgan fingerprint density at radius 1 is 1.19 bits per heavy atom.